The summed E-state index contributed by atoms with van der Waals surface area (Å²) in [5.41, 5.74) is 0.701. The molecule has 0 radical (unpaired) electrons. The number of amides is 2. The van der Waals surface area contributed by atoms with Crippen molar-refractivity contribution in [1.82, 2.24) is 9.80 Å². The van der Waals surface area contributed by atoms with E-state index >= 15 is 0 Å². The van der Waals surface area contributed by atoms with Gasteiger partial charge in [-0.2, -0.15) is 0 Å². The molecular formula is C20H27FN2O2. The molecule has 0 unspecified atom stereocenters. The molecule has 2 heterocycles. The van der Waals surface area contributed by atoms with Crippen molar-refractivity contribution in [3.63, 3.8) is 0 Å². The van der Waals surface area contributed by atoms with Crippen LogP contribution in [0, 0.1) is 23.6 Å². The van der Waals surface area contributed by atoms with Gasteiger partial charge in [0.25, 0.3) is 0 Å². The molecule has 0 bridgehead atoms. The largest absolute Gasteiger partial charge is 0.342 e. The Labute approximate surface area is 149 Å². The second kappa shape index (κ2) is 7.14. The minimum atomic E-state index is -0.392. The quantitative estimate of drug-likeness (QED) is 0.825. The van der Waals surface area contributed by atoms with Gasteiger partial charge in [-0.25, -0.2) is 4.39 Å². The summed E-state index contributed by atoms with van der Waals surface area (Å²) in [4.78, 5) is 29.1. The average molecular weight is 346 g/mol. The molecule has 136 valence electrons. The summed E-state index contributed by atoms with van der Waals surface area (Å²) >= 11 is 0. The SMILES string of the molecule is C[C@@H]1C[C@H](C)CN(C(=O)[C@H]2CCC(=O)N(C)[C@H]2c2cccc(F)c2)C1. The third-order valence-corrected chi connectivity index (χ3v) is 5.55. The number of piperidine rings is 2. The van der Waals surface area contributed by atoms with Crippen molar-refractivity contribution < 1.29 is 14.0 Å². The van der Waals surface area contributed by atoms with Gasteiger partial charge in [0.05, 0.1) is 12.0 Å². The highest BCUT2D eigenvalue weighted by Gasteiger charge is 2.41. The maximum absolute atomic E-state index is 13.7. The van der Waals surface area contributed by atoms with E-state index in [9.17, 15) is 14.0 Å². The molecule has 0 saturated carbocycles. The summed E-state index contributed by atoms with van der Waals surface area (Å²) in [7, 11) is 1.72. The number of carbonyl (C=O) groups excluding carboxylic acids is 2. The van der Waals surface area contributed by atoms with E-state index in [4.69, 9.17) is 0 Å². The number of halogens is 1. The van der Waals surface area contributed by atoms with Crippen LogP contribution < -0.4 is 0 Å². The first-order chi connectivity index (χ1) is 11.9. The summed E-state index contributed by atoms with van der Waals surface area (Å²) in [6.07, 6.45) is 2.04. The zero-order chi connectivity index (χ0) is 18.1. The van der Waals surface area contributed by atoms with Crippen molar-refractivity contribution >= 4 is 11.8 Å². The summed E-state index contributed by atoms with van der Waals surface area (Å²) in [6, 6.07) is 5.90. The molecule has 5 heteroatoms. The monoisotopic (exact) mass is 346 g/mol. The lowest BCUT2D eigenvalue weighted by Gasteiger charge is -2.43. The molecule has 0 N–H and O–H groups in total. The van der Waals surface area contributed by atoms with Crippen LogP contribution >= 0.6 is 0 Å². The van der Waals surface area contributed by atoms with Crippen molar-refractivity contribution in [3.05, 3.63) is 35.6 Å². The van der Waals surface area contributed by atoms with E-state index in [-0.39, 0.29) is 23.5 Å². The maximum atomic E-state index is 13.7. The number of likely N-dealkylation sites (tertiary alicyclic amines) is 2. The molecule has 1 aromatic carbocycles. The number of hydrogen-bond acceptors (Lipinski definition) is 2. The molecule has 2 amide bonds. The maximum Gasteiger partial charge on any atom is 0.228 e. The van der Waals surface area contributed by atoms with Crippen LogP contribution in [0.3, 0.4) is 0 Å². The van der Waals surface area contributed by atoms with E-state index < -0.39 is 6.04 Å². The van der Waals surface area contributed by atoms with Crippen LogP contribution in [-0.2, 0) is 9.59 Å². The Morgan fingerprint density at radius 3 is 2.52 bits per heavy atom. The Bertz CT molecular complexity index is 653. The summed E-state index contributed by atoms with van der Waals surface area (Å²) < 4.78 is 13.7. The molecule has 2 aliphatic heterocycles. The smallest absolute Gasteiger partial charge is 0.228 e. The van der Waals surface area contributed by atoms with Crippen LogP contribution in [0.1, 0.15) is 44.7 Å². The standard InChI is InChI=1S/C20H27FN2O2/c1-13-9-14(2)12-23(11-13)20(25)17-7-8-18(24)22(3)19(17)15-5-4-6-16(21)10-15/h4-6,10,13-14,17,19H,7-9,11-12H2,1-3H3/t13-,14+,17-,19-/m0/s1. The predicted octanol–water partition coefficient (Wildman–Crippen LogP) is 3.24. The zero-order valence-corrected chi connectivity index (χ0v) is 15.2. The number of benzene rings is 1. The van der Waals surface area contributed by atoms with Gasteiger partial charge in [-0.1, -0.05) is 26.0 Å². The van der Waals surface area contributed by atoms with Crippen LogP contribution in [-0.4, -0.2) is 41.8 Å². The predicted molar refractivity (Wildman–Crippen MR) is 94.2 cm³/mol. The van der Waals surface area contributed by atoms with Crippen LogP contribution in [0.5, 0.6) is 0 Å². The molecule has 25 heavy (non-hydrogen) atoms. The molecule has 3 rings (SSSR count). The minimum absolute atomic E-state index is 0.0127. The fourth-order valence-electron chi connectivity index (χ4n) is 4.52. The number of nitrogens with zero attached hydrogens (tertiary/aromatic N) is 2. The highest BCUT2D eigenvalue weighted by Crippen LogP contribution is 2.38. The lowest BCUT2D eigenvalue weighted by Crippen LogP contribution is -2.50. The van der Waals surface area contributed by atoms with Crippen LogP contribution in [0.4, 0.5) is 4.39 Å². The Kier molecular flexibility index (Phi) is 5.11. The van der Waals surface area contributed by atoms with E-state index in [1.165, 1.54) is 12.1 Å². The Balaban J connectivity index is 1.89. The van der Waals surface area contributed by atoms with Crippen LogP contribution in [0.15, 0.2) is 24.3 Å². The number of rotatable bonds is 2. The molecule has 4 atom stereocenters. The number of hydrogen-bond donors (Lipinski definition) is 0. The van der Waals surface area contributed by atoms with Crippen molar-refractivity contribution in [2.45, 2.75) is 39.2 Å². The van der Waals surface area contributed by atoms with Crippen molar-refractivity contribution in [2.75, 3.05) is 20.1 Å². The molecule has 2 fully saturated rings. The second-order valence-corrected chi connectivity index (χ2v) is 7.84. The van der Waals surface area contributed by atoms with Gasteiger partial charge in [0.15, 0.2) is 0 Å². The lowest BCUT2D eigenvalue weighted by atomic mass is 9.82. The van der Waals surface area contributed by atoms with E-state index in [0.717, 1.165) is 19.5 Å². The van der Waals surface area contributed by atoms with Crippen molar-refractivity contribution in [1.29, 1.82) is 0 Å². The fraction of sp³-hybridized carbons (Fsp3) is 0.600. The molecular weight excluding hydrogens is 319 g/mol. The third kappa shape index (κ3) is 3.70. The van der Waals surface area contributed by atoms with Gasteiger partial charge in [-0.15, -0.1) is 0 Å². The lowest BCUT2D eigenvalue weighted by molar-refractivity contribution is -0.148. The Morgan fingerprint density at radius 1 is 1.20 bits per heavy atom. The molecule has 2 aliphatic rings. The van der Waals surface area contributed by atoms with Crippen molar-refractivity contribution in [2.24, 2.45) is 17.8 Å². The minimum Gasteiger partial charge on any atom is -0.342 e. The molecule has 0 aromatic heterocycles. The first-order valence-corrected chi connectivity index (χ1v) is 9.16. The summed E-state index contributed by atoms with van der Waals surface area (Å²) in [5, 5.41) is 0. The topological polar surface area (TPSA) is 40.6 Å². The molecule has 2 saturated heterocycles. The van der Waals surface area contributed by atoms with E-state index in [1.54, 1.807) is 18.0 Å². The molecule has 0 aliphatic carbocycles. The molecule has 4 nitrogen and oxygen atoms in total. The molecule has 0 spiro atoms. The van der Waals surface area contributed by atoms with E-state index in [1.807, 2.05) is 11.0 Å². The van der Waals surface area contributed by atoms with E-state index in [0.29, 0.717) is 30.2 Å². The Hall–Kier alpha value is -1.91. The Morgan fingerprint density at radius 2 is 1.88 bits per heavy atom. The van der Waals surface area contributed by atoms with Gasteiger partial charge < -0.3 is 9.80 Å². The first-order valence-electron chi connectivity index (χ1n) is 9.16. The summed E-state index contributed by atoms with van der Waals surface area (Å²) in [6.45, 7) is 5.90. The first kappa shape index (κ1) is 17.9. The highest BCUT2D eigenvalue weighted by atomic mass is 19.1. The summed E-state index contributed by atoms with van der Waals surface area (Å²) in [5.74, 6) is 0.453. The second-order valence-electron chi connectivity index (χ2n) is 7.84. The van der Waals surface area contributed by atoms with Gasteiger partial charge in [-0.05, 0) is 42.4 Å². The van der Waals surface area contributed by atoms with Crippen LogP contribution in [0.25, 0.3) is 0 Å². The molecule has 1 aromatic rings. The fourth-order valence-corrected chi connectivity index (χ4v) is 4.52. The third-order valence-electron chi connectivity index (χ3n) is 5.55. The van der Waals surface area contributed by atoms with E-state index in [2.05, 4.69) is 13.8 Å². The van der Waals surface area contributed by atoms with Crippen molar-refractivity contribution in [3.8, 4) is 0 Å². The average Bonchev–Trinajstić information content (AvgIpc) is 2.55. The number of carbonyl (C=O) groups is 2. The van der Waals surface area contributed by atoms with Gasteiger partial charge in [0, 0.05) is 26.6 Å². The van der Waals surface area contributed by atoms with Gasteiger partial charge in [0.1, 0.15) is 5.82 Å². The van der Waals surface area contributed by atoms with Gasteiger partial charge >= 0.3 is 0 Å². The van der Waals surface area contributed by atoms with Gasteiger partial charge in [-0.3, -0.25) is 9.59 Å². The normalized spacial score (nSPS) is 30.5. The van der Waals surface area contributed by atoms with Gasteiger partial charge in [0.2, 0.25) is 11.8 Å². The highest BCUT2D eigenvalue weighted by molar-refractivity contribution is 5.85. The van der Waals surface area contributed by atoms with Crippen LogP contribution in [0.2, 0.25) is 0 Å². The zero-order valence-electron chi connectivity index (χ0n) is 15.2.